The Labute approximate surface area is 120 Å². The van der Waals surface area contributed by atoms with E-state index < -0.39 is 0 Å². The molecule has 0 aliphatic rings. The number of aromatic nitrogens is 1. The van der Waals surface area contributed by atoms with Crippen LogP contribution in [0, 0.1) is 0 Å². The highest BCUT2D eigenvalue weighted by Gasteiger charge is 2.04. The molecule has 0 fully saturated rings. The maximum absolute atomic E-state index is 3.49. The molecule has 1 N–H and O–H groups in total. The molecule has 2 rings (SSSR count). The van der Waals surface area contributed by atoms with Gasteiger partial charge in [0.05, 0.1) is 0 Å². The van der Waals surface area contributed by atoms with Gasteiger partial charge in [0.1, 0.15) is 0 Å². The maximum atomic E-state index is 3.49. The Balaban J connectivity index is 2.12. The minimum absolute atomic E-state index is 0.972. The first-order valence-corrected chi connectivity index (χ1v) is 8.52. The topological polar surface area (TPSA) is 17.0 Å². The third kappa shape index (κ3) is 3.77. The monoisotopic (exact) mass is 276 g/mol. The van der Waals surface area contributed by atoms with E-state index >= 15 is 0 Å². The second-order valence-electron chi connectivity index (χ2n) is 4.88. The Morgan fingerprint density at radius 2 is 2.16 bits per heavy atom. The average Bonchev–Trinajstić information content (AvgIpc) is 2.84. The Bertz CT molecular complexity index is 504. The summed E-state index contributed by atoms with van der Waals surface area (Å²) in [6.07, 6.45) is 6.83. The van der Waals surface area contributed by atoms with E-state index in [-0.39, 0.29) is 0 Å². The zero-order valence-electron chi connectivity index (χ0n) is 12.0. The van der Waals surface area contributed by atoms with Crippen molar-refractivity contribution >= 4 is 22.7 Å². The van der Waals surface area contributed by atoms with E-state index in [1.165, 1.54) is 35.1 Å². The van der Waals surface area contributed by atoms with Crippen LogP contribution in [0.2, 0.25) is 0 Å². The van der Waals surface area contributed by atoms with Gasteiger partial charge in [-0.05, 0) is 49.1 Å². The second-order valence-corrected chi connectivity index (χ2v) is 5.87. The second kappa shape index (κ2) is 7.61. The molecule has 0 unspecified atom stereocenters. The number of rotatable bonds is 8. The van der Waals surface area contributed by atoms with Crippen LogP contribution in [0.25, 0.3) is 10.9 Å². The molecule has 2 aromatic rings. The molecule has 1 heterocycles. The Morgan fingerprint density at radius 1 is 1.26 bits per heavy atom. The number of hydrogen-bond donors (Lipinski definition) is 1. The standard InChI is InChI=1S/C16H24N2S/c1-3-9-17-13-14-6-4-7-16-15(14)8-11-18(16)10-5-12-19-2/h4,6-8,11,17H,3,5,9-10,12-13H2,1-2H3. The van der Waals surface area contributed by atoms with Crippen LogP contribution < -0.4 is 5.32 Å². The molecule has 0 radical (unpaired) electrons. The summed E-state index contributed by atoms with van der Waals surface area (Å²) in [5.41, 5.74) is 2.78. The van der Waals surface area contributed by atoms with Crippen molar-refractivity contribution in [3.05, 3.63) is 36.0 Å². The third-order valence-corrected chi connectivity index (χ3v) is 4.09. The smallest absolute Gasteiger partial charge is 0.0483 e. The molecule has 1 aromatic heterocycles. The van der Waals surface area contributed by atoms with E-state index in [1.54, 1.807) is 0 Å². The number of hydrogen-bond acceptors (Lipinski definition) is 2. The normalized spacial score (nSPS) is 11.3. The molecule has 0 saturated carbocycles. The lowest BCUT2D eigenvalue weighted by Crippen LogP contribution is -2.13. The molecule has 104 valence electrons. The van der Waals surface area contributed by atoms with Crippen LogP contribution in [-0.4, -0.2) is 23.1 Å². The van der Waals surface area contributed by atoms with Crippen LogP contribution >= 0.6 is 11.8 Å². The highest BCUT2D eigenvalue weighted by molar-refractivity contribution is 7.98. The van der Waals surface area contributed by atoms with Crippen LogP contribution in [0.5, 0.6) is 0 Å². The van der Waals surface area contributed by atoms with Crippen molar-refractivity contribution in [1.29, 1.82) is 0 Å². The summed E-state index contributed by atoms with van der Waals surface area (Å²) in [7, 11) is 0. The summed E-state index contributed by atoms with van der Waals surface area (Å²) >= 11 is 1.92. The number of nitrogens with zero attached hydrogens (tertiary/aromatic N) is 1. The van der Waals surface area contributed by atoms with Crippen molar-refractivity contribution in [3.8, 4) is 0 Å². The molecule has 0 atom stereocenters. The van der Waals surface area contributed by atoms with Gasteiger partial charge in [-0.1, -0.05) is 19.1 Å². The van der Waals surface area contributed by atoms with Gasteiger partial charge < -0.3 is 9.88 Å². The lowest BCUT2D eigenvalue weighted by atomic mass is 10.1. The van der Waals surface area contributed by atoms with Crippen molar-refractivity contribution in [2.45, 2.75) is 32.9 Å². The first-order chi connectivity index (χ1) is 9.36. The van der Waals surface area contributed by atoms with E-state index in [1.807, 2.05) is 11.8 Å². The fourth-order valence-corrected chi connectivity index (χ4v) is 2.83. The van der Waals surface area contributed by atoms with Gasteiger partial charge in [-0.3, -0.25) is 0 Å². The summed E-state index contributed by atoms with van der Waals surface area (Å²) in [5.74, 6) is 1.23. The van der Waals surface area contributed by atoms with Crippen molar-refractivity contribution in [3.63, 3.8) is 0 Å². The molecule has 2 nitrogen and oxygen atoms in total. The lowest BCUT2D eigenvalue weighted by Gasteiger charge is -2.08. The van der Waals surface area contributed by atoms with Crippen LogP contribution in [0.1, 0.15) is 25.3 Å². The van der Waals surface area contributed by atoms with Crippen molar-refractivity contribution in [2.75, 3.05) is 18.6 Å². The van der Waals surface area contributed by atoms with E-state index in [4.69, 9.17) is 0 Å². The van der Waals surface area contributed by atoms with Gasteiger partial charge in [0, 0.05) is 30.2 Å². The van der Waals surface area contributed by atoms with Gasteiger partial charge >= 0.3 is 0 Å². The summed E-state index contributed by atoms with van der Waals surface area (Å²) < 4.78 is 2.38. The zero-order chi connectivity index (χ0) is 13.5. The molecule has 0 bridgehead atoms. The minimum Gasteiger partial charge on any atom is -0.347 e. The average molecular weight is 276 g/mol. The molecule has 19 heavy (non-hydrogen) atoms. The van der Waals surface area contributed by atoms with Gasteiger partial charge in [-0.2, -0.15) is 11.8 Å². The molecule has 0 spiro atoms. The minimum atomic E-state index is 0.972. The van der Waals surface area contributed by atoms with E-state index in [0.717, 1.165) is 19.6 Å². The SMILES string of the molecule is CCCNCc1cccc2c1ccn2CCCSC. The number of nitrogens with one attached hydrogen (secondary N) is 1. The fourth-order valence-electron chi connectivity index (χ4n) is 2.42. The van der Waals surface area contributed by atoms with E-state index in [2.05, 4.69) is 53.5 Å². The molecule has 0 aliphatic carbocycles. The molecule has 0 amide bonds. The molecule has 0 aliphatic heterocycles. The highest BCUT2D eigenvalue weighted by atomic mass is 32.2. The van der Waals surface area contributed by atoms with Gasteiger partial charge in [-0.25, -0.2) is 0 Å². The van der Waals surface area contributed by atoms with E-state index in [9.17, 15) is 0 Å². The van der Waals surface area contributed by atoms with Crippen LogP contribution in [0.4, 0.5) is 0 Å². The first kappa shape index (κ1) is 14.5. The van der Waals surface area contributed by atoms with Crippen molar-refractivity contribution in [2.24, 2.45) is 0 Å². The highest BCUT2D eigenvalue weighted by Crippen LogP contribution is 2.20. The zero-order valence-corrected chi connectivity index (χ0v) is 12.8. The predicted octanol–water partition coefficient (Wildman–Crippen LogP) is 3.89. The fraction of sp³-hybridized carbons (Fsp3) is 0.500. The Morgan fingerprint density at radius 3 is 2.95 bits per heavy atom. The van der Waals surface area contributed by atoms with Crippen LogP contribution in [-0.2, 0) is 13.1 Å². The summed E-state index contributed by atoms with van der Waals surface area (Å²) in [4.78, 5) is 0. The molecule has 3 heteroatoms. The van der Waals surface area contributed by atoms with Crippen molar-refractivity contribution < 1.29 is 0 Å². The number of fused-ring (bicyclic) bond motifs is 1. The molecular weight excluding hydrogens is 252 g/mol. The maximum Gasteiger partial charge on any atom is 0.0483 e. The van der Waals surface area contributed by atoms with Gasteiger partial charge in [-0.15, -0.1) is 0 Å². The van der Waals surface area contributed by atoms with Gasteiger partial charge in [0.2, 0.25) is 0 Å². The molecule has 0 saturated heterocycles. The van der Waals surface area contributed by atoms with Crippen LogP contribution in [0.15, 0.2) is 30.5 Å². The Kier molecular flexibility index (Phi) is 5.80. The predicted molar refractivity (Wildman–Crippen MR) is 86.9 cm³/mol. The molecular formula is C16H24N2S. The number of thioether (sulfide) groups is 1. The third-order valence-electron chi connectivity index (χ3n) is 3.39. The van der Waals surface area contributed by atoms with Gasteiger partial charge in [0.15, 0.2) is 0 Å². The lowest BCUT2D eigenvalue weighted by molar-refractivity contribution is 0.678. The van der Waals surface area contributed by atoms with Crippen LogP contribution in [0.3, 0.4) is 0 Å². The van der Waals surface area contributed by atoms with E-state index in [0.29, 0.717) is 0 Å². The largest absolute Gasteiger partial charge is 0.347 e. The first-order valence-electron chi connectivity index (χ1n) is 7.13. The molecule has 1 aromatic carbocycles. The number of benzene rings is 1. The quantitative estimate of drug-likeness (QED) is 0.737. The van der Waals surface area contributed by atoms with Crippen molar-refractivity contribution in [1.82, 2.24) is 9.88 Å². The summed E-state index contributed by atoms with van der Waals surface area (Å²) in [6, 6.07) is 8.91. The Hall–Kier alpha value is -0.930. The summed E-state index contributed by atoms with van der Waals surface area (Å²) in [6.45, 7) is 5.39. The summed E-state index contributed by atoms with van der Waals surface area (Å²) in [5, 5.41) is 4.89. The number of aryl methyl sites for hydroxylation is 1. The van der Waals surface area contributed by atoms with Gasteiger partial charge in [0.25, 0.3) is 0 Å².